The first kappa shape index (κ1) is 12.6. The predicted molar refractivity (Wildman–Crippen MR) is 40.4 cm³/mol. The van der Waals surface area contributed by atoms with Crippen LogP contribution in [0.2, 0.25) is 0 Å². The lowest BCUT2D eigenvalue weighted by atomic mass is 10.4. The van der Waals surface area contributed by atoms with Gasteiger partial charge in [-0.15, -0.1) is 0 Å². The van der Waals surface area contributed by atoms with Gasteiger partial charge in [0.05, 0.1) is 0 Å². The van der Waals surface area contributed by atoms with Gasteiger partial charge in [0.2, 0.25) is 0 Å². The van der Waals surface area contributed by atoms with Gasteiger partial charge < -0.3 is 9.47 Å². The molecule has 1 rings (SSSR count). The summed E-state index contributed by atoms with van der Waals surface area (Å²) in [7, 11) is 0. The smallest absolute Gasteiger partial charge is 0.350 e. The zero-order chi connectivity index (χ0) is 11.4. The van der Waals surface area contributed by atoms with Crippen LogP contribution in [0.5, 0.6) is 0 Å². The van der Waals surface area contributed by atoms with Gasteiger partial charge in [-0.3, -0.25) is 0 Å². The molecule has 0 aromatic carbocycles. The van der Waals surface area contributed by atoms with E-state index in [1.165, 1.54) is 19.6 Å². The molecule has 14 heavy (non-hydrogen) atoms. The van der Waals surface area contributed by atoms with E-state index < -0.39 is 23.9 Å². The minimum atomic E-state index is -1.86. The van der Waals surface area contributed by atoms with Gasteiger partial charge in [-0.05, 0) is 0 Å². The Labute approximate surface area is 78.1 Å². The van der Waals surface area contributed by atoms with E-state index in [1.807, 2.05) is 0 Å². The van der Waals surface area contributed by atoms with Crippen LogP contribution in [0, 0.1) is 0 Å². The van der Waals surface area contributed by atoms with Crippen molar-refractivity contribution in [3.63, 3.8) is 0 Å². The van der Waals surface area contributed by atoms with E-state index in [4.69, 9.17) is 0 Å². The van der Waals surface area contributed by atoms with E-state index in [0.29, 0.717) is 0 Å². The van der Waals surface area contributed by atoms with Crippen LogP contribution in [0.15, 0.2) is 30.4 Å². The molecule has 0 bridgehead atoms. The van der Waals surface area contributed by atoms with E-state index in [-0.39, 0.29) is 0 Å². The highest BCUT2D eigenvalue weighted by Gasteiger charge is 2.34. The van der Waals surface area contributed by atoms with E-state index in [9.17, 15) is 17.6 Å². The third kappa shape index (κ3) is 4.57. The summed E-state index contributed by atoms with van der Waals surface area (Å²) in [5.74, 6) is -1.19. The van der Waals surface area contributed by atoms with E-state index in [2.05, 4.69) is 16.1 Å². The first-order valence-electron chi connectivity index (χ1n) is 3.43. The fraction of sp³-hybridized carbons (Fsp3) is 0.375. The fourth-order valence-corrected chi connectivity index (χ4v) is 0.533. The molecular formula is C8H8F4O2. The predicted octanol–water partition coefficient (Wildman–Crippen LogP) is 3.39. The van der Waals surface area contributed by atoms with Crippen molar-refractivity contribution in [1.82, 2.24) is 0 Å². The van der Waals surface area contributed by atoms with Crippen molar-refractivity contribution < 1.29 is 27.0 Å². The van der Waals surface area contributed by atoms with Crippen molar-refractivity contribution in [2.24, 2.45) is 0 Å². The highest BCUT2D eigenvalue weighted by Crippen LogP contribution is 2.31. The highest BCUT2D eigenvalue weighted by molar-refractivity contribution is 4.91. The van der Waals surface area contributed by atoms with Crippen molar-refractivity contribution in [2.75, 3.05) is 0 Å². The zero-order valence-electron chi connectivity index (χ0n) is 7.54. The Morgan fingerprint density at radius 2 is 1.50 bits per heavy atom. The molecule has 0 saturated heterocycles. The zero-order valence-corrected chi connectivity index (χ0v) is 7.54. The van der Waals surface area contributed by atoms with Crippen LogP contribution in [0.25, 0.3) is 0 Å². The molecule has 0 aliphatic carbocycles. The Bertz CT molecular complexity index is 270. The molecule has 0 aromatic heterocycles. The first-order chi connectivity index (χ1) is 6.28. The van der Waals surface area contributed by atoms with Crippen LogP contribution in [-0.2, 0) is 9.47 Å². The standard InChI is InChI=1S/C5H6F2O2.C3H2F2/c1-5(2)8-3(6)4(7)9-5;1-2-3(4)5/h1-2H3;1H2. The van der Waals surface area contributed by atoms with Gasteiger partial charge >= 0.3 is 18.1 Å². The number of rotatable bonds is 0. The van der Waals surface area contributed by atoms with Gasteiger partial charge in [0.1, 0.15) is 0 Å². The Balaban J connectivity index is 0.000000292. The van der Waals surface area contributed by atoms with Crippen LogP contribution in [0.3, 0.4) is 0 Å². The summed E-state index contributed by atoms with van der Waals surface area (Å²) in [6, 6.07) is -2.56. The maximum atomic E-state index is 12.0. The Morgan fingerprint density at radius 1 is 1.21 bits per heavy atom. The van der Waals surface area contributed by atoms with Crippen molar-refractivity contribution in [3.8, 4) is 0 Å². The van der Waals surface area contributed by atoms with Crippen LogP contribution in [-0.4, -0.2) is 5.79 Å². The monoisotopic (exact) mass is 212 g/mol. The lowest BCUT2D eigenvalue weighted by Gasteiger charge is -2.15. The van der Waals surface area contributed by atoms with Crippen molar-refractivity contribution in [1.29, 1.82) is 0 Å². The van der Waals surface area contributed by atoms with Gasteiger partial charge in [-0.25, -0.2) is 0 Å². The Hall–Kier alpha value is -1.42. The van der Waals surface area contributed by atoms with Gasteiger partial charge in [0.25, 0.3) is 5.79 Å². The molecule has 1 aliphatic rings. The van der Waals surface area contributed by atoms with Gasteiger partial charge in [-0.1, -0.05) is 12.3 Å². The van der Waals surface area contributed by atoms with Crippen LogP contribution >= 0.6 is 0 Å². The molecule has 1 heterocycles. The fourth-order valence-electron chi connectivity index (χ4n) is 0.533. The minimum Gasteiger partial charge on any atom is -0.424 e. The van der Waals surface area contributed by atoms with Crippen molar-refractivity contribution >= 4 is 0 Å². The number of hydrogen-bond acceptors (Lipinski definition) is 2. The Morgan fingerprint density at radius 3 is 1.57 bits per heavy atom. The maximum absolute atomic E-state index is 12.0. The Kier molecular flexibility index (Phi) is 4.24. The second-order valence-electron chi connectivity index (χ2n) is 2.59. The molecule has 0 radical (unpaired) electrons. The molecule has 6 heteroatoms. The topological polar surface area (TPSA) is 18.5 Å². The van der Waals surface area contributed by atoms with Crippen molar-refractivity contribution in [2.45, 2.75) is 19.6 Å². The second kappa shape index (κ2) is 4.72. The maximum Gasteiger partial charge on any atom is 0.350 e. The van der Waals surface area contributed by atoms with Gasteiger partial charge in [-0.2, -0.15) is 17.6 Å². The average molecular weight is 212 g/mol. The van der Waals surface area contributed by atoms with Crippen LogP contribution in [0.1, 0.15) is 13.8 Å². The third-order valence-corrected chi connectivity index (χ3v) is 0.959. The van der Waals surface area contributed by atoms with E-state index in [1.54, 1.807) is 0 Å². The van der Waals surface area contributed by atoms with E-state index >= 15 is 0 Å². The molecule has 0 fully saturated rings. The average Bonchev–Trinajstić information content (AvgIpc) is 2.25. The second-order valence-corrected chi connectivity index (χ2v) is 2.59. The van der Waals surface area contributed by atoms with Crippen molar-refractivity contribution in [3.05, 3.63) is 30.4 Å². The highest BCUT2D eigenvalue weighted by atomic mass is 19.3. The summed E-state index contributed by atoms with van der Waals surface area (Å²) in [5, 5.41) is 0. The molecule has 2 nitrogen and oxygen atoms in total. The van der Waals surface area contributed by atoms with Crippen LogP contribution in [0.4, 0.5) is 17.6 Å². The SMILES string of the molecule is C=C=C(F)F.CC1(C)OC(F)=C(F)O1. The summed E-state index contributed by atoms with van der Waals surface area (Å²) in [6.45, 7) is 5.48. The van der Waals surface area contributed by atoms with E-state index in [0.717, 1.165) is 0 Å². The molecule has 1 aliphatic heterocycles. The third-order valence-electron chi connectivity index (χ3n) is 0.959. The number of halogens is 4. The molecule has 0 amide bonds. The lowest BCUT2D eigenvalue weighted by Crippen LogP contribution is -2.20. The van der Waals surface area contributed by atoms with Gasteiger partial charge in [0, 0.05) is 13.8 Å². The summed E-state index contributed by atoms with van der Waals surface area (Å²) in [4.78, 5) is 0. The normalized spacial score (nSPS) is 17.3. The number of hydrogen-bond donors (Lipinski definition) is 0. The first-order valence-corrected chi connectivity index (χ1v) is 3.43. The summed E-state index contributed by atoms with van der Waals surface area (Å²) in [5.41, 5.74) is 1.36. The summed E-state index contributed by atoms with van der Waals surface area (Å²) in [6.07, 6.45) is -1.86. The molecule has 0 unspecified atom stereocenters. The molecule has 80 valence electrons. The molecule has 0 atom stereocenters. The summed E-state index contributed by atoms with van der Waals surface area (Å²) < 4.78 is 53.5. The number of ether oxygens (including phenoxy) is 2. The quantitative estimate of drug-likeness (QED) is 0.452. The van der Waals surface area contributed by atoms with Crippen LogP contribution < -0.4 is 0 Å². The molecule has 0 N–H and O–H groups in total. The molecule has 0 saturated carbocycles. The molecular weight excluding hydrogens is 204 g/mol. The minimum absolute atomic E-state index is 1.19. The molecule has 0 aromatic rings. The molecule has 0 spiro atoms. The summed E-state index contributed by atoms with van der Waals surface area (Å²) >= 11 is 0. The lowest BCUT2D eigenvalue weighted by molar-refractivity contribution is -0.139. The largest absolute Gasteiger partial charge is 0.424 e. The van der Waals surface area contributed by atoms with Gasteiger partial charge in [0.15, 0.2) is 0 Å².